The van der Waals surface area contributed by atoms with Crippen molar-refractivity contribution >= 4 is 17.7 Å². The summed E-state index contributed by atoms with van der Waals surface area (Å²) in [4.78, 5) is 37.9. The summed E-state index contributed by atoms with van der Waals surface area (Å²) in [5.41, 5.74) is 0.726. The molecule has 0 saturated carbocycles. The summed E-state index contributed by atoms with van der Waals surface area (Å²) in [5, 5.41) is 2.68. The van der Waals surface area contributed by atoms with E-state index in [0.29, 0.717) is 17.1 Å². The average molecular weight is 413 g/mol. The molecule has 1 unspecified atom stereocenters. The molecule has 0 fully saturated rings. The summed E-state index contributed by atoms with van der Waals surface area (Å²) in [5.74, 6) is -0.825. The van der Waals surface area contributed by atoms with Gasteiger partial charge >= 0.3 is 5.97 Å². The van der Waals surface area contributed by atoms with Crippen molar-refractivity contribution in [2.24, 2.45) is 5.92 Å². The lowest BCUT2D eigenvalue weighted by atomic mass is 10.0. The van der Waals surface area contributed by atoms with E-state index in [4.69, 9.17) is 14.2 Å². The highest BCUT2D eigenvalue weighted by atomic mass is 16.5. The number of ether oxygens (including phenoxy) is 3. The van der Waals surface area contributed by atoms with Crippen molar-refractivity contribution in [1.29, 1.82) is 0 Å². The first-order valence-corrected chi connectivity index (χ1v) is 9.60. The number of nitrogens with one attached hydrogen (secondary N) is 1. The molecule has 7 nitrogen and oxygen atoms in total. The third-order valence-corrected chi connectivity index (χ3v) is 4.54. The number of ketones is 1. The van der Waals surface area contributed by atoms with Gasteiger partial charge in [0, 0.05) is 17.2 Å². The molecule has 0 aromatic heterocycles. The van der Waals surface area contributed by atoms with Crippen LogP contribution in [0.3, 0.4) is 0 Å². The number of Topliss-reactive ketones (excluding diaryl/α,β-unsaturated/α-hetero) is 1. The molecule has 1 N–H and O–H groups in total. The van der Waals surface area contributed by atoms with E-state index in [0.717, 1.165) is 0 Å². The molecule has 1 amide bonds. The number of methoxy groups -OCH3 is 2. The first kappa shape index (κ1) is 22.9. The lowest BCUT2D eigenvalue weighted by Gasteiger charge is -2.23. The second-order valence-electron chi connectivity index (χ2n) is 7.11. The molecule has 0 heterocycles. The smallest absolute Gasteiger partial charge is 0.329 e. The third-order valence-electron chi connectivity index (χ3n) is 4.54. The Morgan fingerprint density at radius 3 is 1.90 bits per heavy atom. The van der Waals surface area contributed by atoms with E-state index in [1.165, 1.54) is 21.1 Å². The summed E-state index contributed by atoms with van der Waals surface area (Å²) in [6, 6.07) is 12.4. The molecule has 0 aliphatic heterocycles. The van der Waals surface area contributed by atoms with Crippen LogP contribution in [0, 0.1) is 5.92 Å². The first-order chi connectivity index (χ1) is 14.3. The highest BCUT2D eigenvalue weighted by Crippen LogP contribution is 2.23. The third kappa shape index (κ3) is 5.83. The molecule has 2 atom stereocenters. The van der Waals surface area contributed by atoms with Gasteiger partial charge in [0.25, 0.3) is 5.91 Å². The van der Waals surface area contributed by atoms with E-state index < -0.39 is 24.0 Å². The lowest BCUT2D eigenvalue weighted by Crippen LogP contribution is -2.46. The van der Waals surface area contributed by atoms with E-state index in [1.54, 1.807) is 62.4 Å². The maximum atomic E-state index is 12.7. The summed E-state index contributed by atoms with van der Waals surface area (Å²) < 4.78 is 15.7. The summed E-state index contributed by atoms with van der Waals surface area (Å²) in [6.45, 7) is 5.07. The highest BCUT2D eigenvalue weighted by Gasteiger charge is 2.29. The van der Waals surface area contributed by atoms with Gasteiger partial charge in [-0.1, -0.05) is 44.2 Å². The molecule has 30 heavy (non-hydrogen) atoms. The largest absolute Gasteiger partial charge is 0.497 e. The Bertz CT molecular complexity index is 872. The minimum absolute atomic E-state index is 0.256. The molecule has 2 rings (SSSR count). The van der Waals surface area contributed by atoms with E-state index in [1.807, 2.05) is 0 Å². The number of carbonyl (C=O) groups is 3. The Labute approximate surface area is 176 Å². The Balaban J connectivity index is 2.12. The van der Waals surface area contributed by atoms with Crippen LogP contribution in [0.1, 0.15) is 41.5 Å². The van der Waals surface area contributed by atoms with Crippen LogP contribution in [-0.4, -0.2) is 44.0 Å². The number of hydrogen-bond acceptors (Lipinski definition) is 6. The van der Waals surface area contributed by atoms with Gasteiger partial charge in [-0.05, 0) is 25.0 Å². The number of benzene rings is 2. The second-order valence-corrected chi connectivity index (χ2v) is 7.11. The number of amides is 1. The monoisotopic (exact) mass is 413 g/mol. The van der Waals surface area contributed by atoms with Gasteiger partial charge in [-0.2, -0.15) is 0 Å². The fourth-order valence-electron chi connectivity index (χ4n) is 2.80. The van der Waals surface area contributed by atoms with Crippen molar-refractivity contribution in [2.75, 3.05) is 14.2 Å². The van der Waals surface area contributed by atoms with Gasteiger partial charge in [-0.3, -0.25) is 9.59 Å². The van der Waals surface area contributed by atoms with E-state index >= 15 is 0 Å². The summed E-state index contributed by atoms with van der Waals surface area (Å²) >= 11 is 0. The zero-order chi connectivity index (χ0) is 22.3. The van der Waals surface area contributed by atoms with Crippen LogP contribution in [0.4, 0.5) is 0 Å². The van der Waals surface area contributed by atoms with Crippen LogP contribution in [-0.2, 0) is 9.53 Å². The second kappa shape index (κ2) is 10.4. The van der Waals surface area contributed by atoms with Gasteiger partial charge in [0.1, 0.15) is 17.5 Å². The fourth-order valence-corrected chi connectivity index (χ4v) is 2.80. The summed E-state index contributed by atoms with van der Waals surface area (Å²) in [6.07, 6.45) is -0.977. The van der Waals surface area contributed by atoms with E-state index in [-0.39, 0.29) is 17.3 Å². The molecule has 0 aliphatic carbocycles. The van der Waals surface area contributed by atoms with Gasteiger partial charge in [-0.15, -0.1) is 0 Å². The van der Waals surface area contributed by atoms with Crippen molar-refractivity contribution in [3.63, 3.8) is 0 Å². The minimum atomic E-state index is -0.977. The topological polar surface area (TPSA) is 90.9 Å². The first-order valence-electron chi connectivity index (χ1n) is 9.60. The number of carbonyl (C=O) groups excluding carboxylic acids is 3. The van der Waals surface area contributed by atoms with E-state index in [2.05, 4.69) is 5.32 Å². The molecular formula is C23H27NO6. The Morgan fingerprint density at radius 1 is 0.833 bits per heavy atom. The molecule has 2 aromatic rings. The van der Waals surface area contributed by atoms with Crippen LogP contribution in [0.25, 0.3) is 0 Å². The zero-order valence-corrected chi connectivity index (χ0v) is 17.8. The molecule has 0 radical (unpaired) electrons. The van der Waals surface area contributed by atoms with Crippen molar-refractivity contribution in [2.45, 2.75) is 32.9 Å². The molecule has 0 saturated heterocycles. The predicted octanol–water partition coefficient (Wildman–Crippen LogP) is 3.27. The molecule has 2 aromatic carbocycles. The van der Waals surface area contributed by atoms with Crippen LogP contribution in [0.5, 0.6) is 11.5 Å². The van der Waals surface area contributed by atoms with Crippen molar-refractivity contribution in [3.05, 3.63) is 59.7 Å². The predicted molar refractivity (Wildman–Crippen MR) is 112 cm³/mol. The molecular weight excluding hydrogens is 386 g/mol. The number of esters is 1. The lowest BCUT2D eigenvalue weighted by molar-refractivity contribution is -0.149. The van der Waals surface area contributed by atoms with Gasteiger partial charge in [0.2, 0.25) is 5.78 Å². The normalized spacial score (nSPS) is 12.6. The van der Waals surface area contributed by atoms with Gasteiger partial charge in [0.05, 0.1) is 14.2 Å². The molecule has 160 valence electrons. The molecule has 7 heteroatoms. The van der Waals surface area contributed by atoms with Crippen LogP contribution in [0.15, 0.2) is 48.5 Å². The van der Waals surface area contributed by atoms with Crippen LogP contribution in [0.2, 0.25) is 0 Å². The minimum Gasteiger partial charge on any atom is -0.497 e. The van der Waals surface area contributed by atoms with Gasteiger partial charge < -0.3 is 19.5 Å². The Hall–Kier alpha value is -3.35. The van der Waals surface area contributed by atoms with Gasteiger partial charge in [0.15, 0.2) is 6.10 Å². The molecule has 0 aliphatic rings. The molecule has 0 spiro atoms. The highest BCUT2D eigenvalue weighted by molar-refractivity contribution is 6.01. The average Bonchev–Trinajstić information content (AvgIpc) is 2.76. The Morgan fingerprint density at radius 2 is 1.40 bits per heavy atom. The number of hydrogen-bond donors (Lipinski definition) is 1. The maximum Gasteiger partial charge on any atom is 0.329 e. The Kier molecular flexibility index (Phi) is 7.98. The van der Waals surface area contributed by atoms with Crippen molar-refractivity contribution in [1.82, 2.24) is 5.32 Å². The van der Waals surface area contributed by atoms with Crippen molar-refractivity contribution < 1.29 is 28.6 Å². The molecule has 0 bridgehead atoms. The summed E-state index contributed by atoms with van der Waals surface area (Å²) in [7, 11) is 2.96. The zero-order valence-electron chi connectivity index (χ0n) is 17.8. The van der Waals surface area contributed by atoms with Crippen LogP contribution < -0.4 is 14.8 Å². The number of rotatable bonds is 9. The van der Waals surface area contributed by atoms with Crippen LogP contribution >= 0.6 is 0 Å². The standard InChI is InChI=1S/C23H27NO6/c1-14(2)20(23(27)30-15(3)21(25)16-9-7-6-8-10-16)24-22(26)17-11-18(28-4)13-19(12-17)29-5/h6-15,20H,1-5H3,(H,24,26)/t15?,20-/m0/s1. The quantitative estimate of drug-likeness (QED) is 0.501. The SMILES string of the molecule is COc1cc(OC)cc(C(=O)N[C@H](C(=O)OC(C)C(=O)c2ccccc2)C(C)C)c1. The van der Waals surface area contributed by atoms with Crippen molar-refractivity contribution in [3.8, 4) is 11.5 Å². The maximum absolute atomic E-state index is 12.7. The van der Waals surface area contributed by atoms with E-state index in [9.17, 15) is 14.4 Å². The fraction of sp³-hybridized carbons (Fsp3) is 0.348. The van der Waals surface area contributed by atoms with Gasteiger partial charge in [-0.25, -0.2) is 4.79 Å².